The maximum atomic E-state index is 12.2. The van der Waals surface area contributed by atoms with Crippen molar-refractivity contribution in [2.75, 3.05) is 0 Å². The molecule has 0 unspecified atom stereocenters. The van der Waals surface area contributed by atoms with Gasteiger partial charge < -0.3 is 9.84 Å². The van der Waals surface area contributed by atoms with Gasteiger partial charge in [0, 0.05) is 22.8 Å². The molecule has 4 nitrogen and oxygen atoms in total. The smallest absolute Gasteiger partial charge is 0.334 e. The molecule has 1 aliphatic heterocycles. The van der Waals surface area contributed by atoms with Crippen LogP contribution in [0.25, 0.3) is 0 Å². The van der Waals surface area contributed by atoms with Crippen molar-refractivity contribution >= 4 is 11.8 Å². The molecule has 19 heavy (non-hydrogen) atoms. The number of fused-ring (bicyclic) bond motifs is 2. The zero-order valence-electron chi connectivity index (χ0n) is 11.2. The molecule has 0 amide bonds. The van der Waals surface area contributed by atoms with Crippen molar-refractivity contribution in [2.45, 2.75) is 38.4 Å². The van der Waals surface area contributed by atoms with Gasteiger partial charge in [-0.15, -0.1) is 0 Å². The van der Waals surface area contributed by atoms with Gasteiger partial charge in [-0.25, -0.2) is 4.79 Å². The molecule has 2 fully saturated rings. The number of carbonyl (C=O) groups excluding carboxylic acids is 2. The number of hydrogen-bond donors (Lipinski definition) is 1. The highest BCUT2D eigenvalue weighted by Gasteiger charge is 2.59. The molecule has 0 bridgehead atoms. The Morgan fingerprint density at radius 3 is 2.79 bits per heavy atom. The monoisotopic (exact) mass is 262 g/mol. The van der Waals surface area contributed by atoms with Crippen molar-refractivity contribution in [1.29, 1.82) is 0 Å². The van der Waals surface area contributed by atoms with Crippen molar-refractivity contribution in [3.05, 3.63) is 24.3 Å². The van der Waals surface area contributed by atoms with Crippen LogP contribution in [0.3, 0.4) is 0 Å². The van der Waals surface area contributed by atoms with E-state index in [9.17, 15) is 14.7 Å². The van der Waals surface area contributed by atoms with Crippen LogP contribution in [-0.4, -0.2) is 28.6 Å². The molecule has 1 N–H and O–H groups in total. The summed E-state index contributed by atoms with van der Waals surface area (Å²) in [7, 11) is 0. The number of ether oxygens (including phenoxy) is 1. The highest BCUT2D eigenvalue weighted by Crippen LogP contribution is 2.55. The summed E-state index contributed by atoms with van der Waals surface area (Å²) in [5.41, 5.74) is -1.21. The van der Waals surface area contributed by atoms with E-state index in [1.54, 1.807) is 13.0 Å². The molecule has 0 aromatic rings. The van der Waals surface area contributed by atoms with E-state index in [1.807, 2.05) is 6.92 Å². The van der Waals surface area contributed by atoms with Crippen LogP contribution in [0.5, 0.6) is 0 Å². The van der Waals surface area contributed by atoms with Gasteiger partial charge in [0.15, 0.2) is 5.78 Å². The lowest BCUT2D eigenvalue weighted by atomic mass is 9.54. The Bertz CT molecular complexity index is 516. The van der Waals surface area contributed by atoms with Crippen LogP contribution in [0.2, 0.25) is 0 Å². The van der Waals surface area contributed by atoms with Gasteiger partial charge in [0.1, 0.15) is 6.10 Å². The number of esters is 1. The summed E-state index contributed by atoms with van der Waals surface area (Å²) in [5.74, 6) is -0.630. The maximum Gasteiger partial charge on any atom is 0.334 e. The average molecular weight is 262 g/mol. The van der Waals surface area contributed by atoms with Crippen molar-refractivity contribution in [3.8, 4) is 0 Å². The standard InChI is InChI=1S/C15H18O4/c1-8-9-6-11-14(2,7-10(9)19-13(8)17)12(16)4-5-15(11,3)18/h4-5,9-11,18H,1,6-7H2,2-3H3/t9-,10-,11+,14-,15-/m1/s1. The third-order valence-corrected chi connectivity index (χ3v) is 5.14. The van der Waals surface area contributed by atoms with Crippen molar-refractivity contribution in [3.63, 3.8) is 0 Å². The third kappa shape index (κ3) is 1.56. The molecule has 3 rings (SSSR count). The fourth-order valence-electron chi connectivity index (χ4n) is 3.93. The van der Waals surface area contributed by atoms with Gasteiger partial charge in [0.05, 0.1) is 5.60 Å². The molecule has 1 heterocycles. The van der Waals surface area contributed by atoms with E-state index in [1.165, 1.54) is 6.08 Å². The Labute approximate surface area is 112 Å². The highest BCUT2D eigenvalue weighted by atomic mass is 16.6. The van der Waals surface area contributed by atoms with Crippen LogP contribution in [-0.2, 0) is 14.3 Å². The van der Waals surface area contributed by atoms with Crippen molar-refractivity contribution in [1.82, 2.24) is 0 Å². The van der Waals surface area contributed by atoms with Gasteiger partial charge in [-0.1, -0.05) is 13.5 Å². The summed E-state index contributed by atoms with van der Waals surface area (Å²) in [6.45, 7) is 7.37. The first kappa shape index (κ1) is 12.6. The summed E-state index contributed by atoms with van der Waals surface area (Å²) < 4.78 is 5.31. The second-order valence-electron chi connectivity index (χ2n) is 6.41. The molecule has 0 radical (unpaired) electrons. The van der Waals surface area contributed by atoms with Crippen LogP contribution < -0.4 is 0 Å². The molecule has 1 saturated heterocycles. The average Bonchev–Trinajstić information content (AvgIpc) is 2.59. The molecule has 0 aromatic heterocycles. The fraction of sp³-hybridized carbons (Fsp3) is 0.600. The van der Waals surface area contributed by atoms with Crippen LogP contribution in [0, 0.1) is 17.3 Å². The fourth-order valence-corrected chi connectivity index (χ4v) is 3.93. The third-order valence-electron chi connectivity index (χ3n) is 5.14. The molecular formula is C15H18O4. The summed E-state index contributed by atoms with van der Waals surface area (Å²) in [4.78, 5) is 23.8. The molecule has 2 aliphatic carbocycles. The number of carbonyl (C=O) groups is 2. The minimum absolute atomic E-state index is 0.0102. The molecular weight excluding hydrogens is 244 g/mol. The topological polar surface area (TPSA) is 63.6 Å². The number of allylic oxidation sites excluding steroid dienone is 1. The minimum atomic E-state index is -1.03. The number of hydrogen-bond acceptors (Lipinski definition) is 4. The predicted molar refractivity (Wildman–Crippen MR) is 68.1 cm³/mol. The summed E-state index contributed by atoms with van der Waals surface area (Å²) in [6.07, 6.45) is 3.79. The summed E-state index contributed by atoms with van der Waals surface area (Å²) in [5, 5.41) is 10.5. The Balaban J connectivity index is 2.03. The lowest BCUT2D eigenvalue weighted by Crippen LogP contribution is -2.55. The zero-order valence-corrected chi connectivity index (χ0v) is 11.2. The molecule has 5 atom stereocenters. The van der Waals surface area contributed by atoms with E-state index >= 15 is 0 Å². The van der Waals surface area contributed by atoms with E-state index < -0.39 is 11.0 Å². The lowest BCUT2D eigenvalue weighted by molar-refractivity contribution is -0.154. The van der Waals surface area contributed by atoms with Crippen LogP contribution in [0.1, 0.15) is 26.7 Å². The molecule has 3 aliphatic rings. The number of rotatable bonds is 0. The summed E-state index contributed by atoms with van der Waals surface area (Å²) >= 11 is 0. The van der Waals surface area contributed by atoms with E-state index in [0.717, 1.165) is 0 Å². The van der Waals surface area contributed by atoms with Crippen LogP contribution in [0.15, 0.2) is 24.3 Å². The van der Waals surface area contributed by atoms with Crippen LogP contribution >= 0.6 is 0 Å². The van der Waals surface area contributed by atoms with E-state index in [2.05, 4.69) is 6.58 Å². The van der Waals surface area contributed by atoms with Crippen molar-refractivity contribution in [2.24, 2.45) is 17.3 Å². The van der Waals surface area contributed by atoms with Gasteiger partial charge in [-0.05, 0) is 31.9 Å². The van der Waals surface area contributed by atoms with Gasteiger partial charge in [0.2, 0.25) is 0 Å². The Hall–Kier alpha value is -1.42. The van der Waals surface area contributed by atoms with Crippen LogP contribution in [0.4, 0.5) is 0 Å². The van der Waals surface area contributed by atoms with Gasteiger partial charge in [0.25, 0.3) is 0 Å². The lowest BCUT2D eigenvalue weighted by Gasteiger charge is -2.50. The second kappa shape index (κ2) is 3.57. The van der Waals surface area contributed by atoms with E-state index in [4.69, 9.17) is 4.74 Å². The number of aliphatic hydroxyl groups is 1. The summed E-state index contributed by atoms with van der Waals surface area (Å²) in [6, 6.07) is 0. The highest BCUT2D eigenvalue weighted by molar-refractivity contribution is 5.97. The molecule has 0 spiro atoms. The zero-order chi connectivity index (χ0) is 14.0. The SMILES string of the molecule is C=C1C(=O)O[C@@H]2C[C@@]3(C)C(=O)C=C[C@@](C)(O)[C@H]3C[C@H]12. The van der Waals surface area contributed by atoms with Gasteiger partial charge >= 0.3 is 5.97 Å². The van der Waals surface area contributed by atoms with E-state index in [0.29, 0.717) is 18.4 Å². The second-order valence-corrected chi connectivity index (χ2v) is 6.41. The number of ketones is 1. The Morgan fingerprint density at radius 1 is 1.42 bits per heavy atom. The molecule has 1 saturated carbocycles. The Kier molecular flexibility index (Phi) is 2.37. The maximum absolute atomic E-state index is 12.2. The first-order valence-electron chi connectivity index (χ1n) is 6.61. The Morgan fingerprint density at radius 2 is 2.11 bits per heavy atom. The molecule has 102 valence electrons. The predicted octanol–water partition coefficient (Wildman–Crippen LogP) is 1.39. The normalized spacial score (nSPS) is 48.8. The molecule has 4 heteroatoms. The van der Waals surface area contributed by atoms with Gasteiger partial charge in [-0.2, -0.15) is 0 Å². The minimum Gasteiger partial charge on any atom is -0.458 e. The first-order valence-corrected chi connectivity index (χ1v) is 6.61. The first-order chi connectivity index (χ1) is 8.75. The quantitative estimate of drug-likeness (QED) is 0.529. The van der Waals surface area contributed by atoms with Crippen molar-refractivity contribution < 1.29 is 19.4 Å². The largest absolute Gasteiger partial charge is 0.458 e. The van der Waals surface area contributed by atoms with Gasteiger partial charge in [-0.3, -0.25) is 4.79 Å². The van der Waals surface area contributed by atoms with E-state index in [-0.39, 0.29) is 29.7 Å². The molecule has 0 aromatic carbocycles.